The minimum absolute atomic E-state index is 0.702. The molecule has 0 N–H and O–H groups in total. The Morgan fingerprint density at radius 3 is 2.79 bits per heavy atom. The molecule has 0 aliphatic rings. The van der Waals surface area contributed by atoms with Gasteiger partial charge in [-0.25, -0.2) is 14.6 Å². The minimum Gasteiger partial charge on any atom is -0.242 e. The summed E-state index contributed by atoms with van der Waals surface area (Å²) in [6.45, 7) is 0.702. The minimum atomic E-state index is 0.702. The van der Waals surface area contributed by atoms with Gasteiger partial charge < -0.3 is 0 Å². The molecular weight excluding hydrogens is 324 g/mol. The van der Waals surface area contributed by atoms with Crippen molar-refractivity contribution in [2.75, 3.05) is 6.26 Å². The third kappa shape index (κ3) is 2.50. The van der Waals surface area contributed by atoms with Crippen molar-refractivity contribution in [2.45, 2.75) is 11.7 Å². The van der Waals surface area contributed by atoms with Crippen LogP contribution in [0.2, 0.25) is 0 Å². The van der Waals surface area contributed by atoms with Crippen molar-refractivity contribution in [1.82, 2.24) is 19.7 Å². The Hall–Kier alpha value is -1.40. The molecule has 0 unspecified atom stereocenters. The summed E-state index contributed by atoms with van der Waals surface area (Å²) in [6, 6.07) is 10.2. The first-order chi connectivity index (χ1) is 9.28. The van der Waals surface area contributed by atoms with Gasteiger partial charge in [0.05, 0.1) is 11.9 Å². The molecule has 3 aromatic rings. The molecule has 0 amide bonds. The van der Waals surface area contributed by atoms with Crippen LogP contribution in [0.4, 0.5) is 0 Å². The van der Waals surface area contributed by atoms with Crippen LogP contribution in [0.25, 0.3) is 11.0 Å². The van der Waals surface area contributed by atoms with Crippen molar-refractivity contribution in [1.29, 1.82) is 0 Å². The SMILES string of the molecule is CSc1ncc2c(Br)nn(Cc3ccccc3)c2n1. The van der Waals surface area contributed by atoms with E-state index >= 15 is 0 Å². The van der Waals surface area contributed by atoms with Gasteiger partial charge in [-0.05, 0) is 27.7 Å². The van der Waals surface area contributed by atoms with E-state index in [1.165, 1.54) is 17.3 Å². The van der Waals surface area contributed by atoms with Gasteiger partial charge in [0, 0.05) is 6.20 Å². The molecule has 6 heteroatoms. The number of thioether (sulfide) groups is 1. The quantitative estimate of drug-likeness (QED) is 0.544. The van der Waals surface area contributed by atoms with E-state index in [1.54, 1.807) is 0 Å². The topological polar surface area (TPSA) is 43.6 Å². The molecule has 96 valence electrons. The second-order valence-electron chi connectivity index (χ2n) is 4.03. The monoisotopic (exact) mass is 334 g/mol. The number of hydrogen-bond acceptors (Lipinski definition) is 4. The molecule has 4 nitrogen and oxygen atoms in total. The smallest absolute Gasteiger partial charge is 0.189 e. The summed E-state index contributed by atoms with van der Waals surface area (Å²) in [7, 11) is 0. The molecule has 2 aromatic heterocycles. The average molecular weight is 335 g/mol. The molecule has 0 saturated heterocycles. The zero-order valence-electron chi connectivity index (χ0n) is 10.2. The second-order valence-corrected chi connectivity index (χ2v) is 5.55. The number of hydrogen-bond donors (Lipinski definition) is 0. The van der Waals surface area contributed by atoms with Crippen LogP contribution in [-0.4, -0.2) is 26.0 Å². The van der Waals surface area contributed by atoms with E-state index in [4.69, 9.17) is 0 Å². The van der Waals surface area contributed by atoms with Crippen LogP contribution in [0.1, 0.15) is 5.56 Å². The first kappa shape index (κ1) is 12.6. The highest BCUT2D eigenvalue weighted by Crippen LogP contribution is 2.23. The third-order valence-electron chi connectivity index (χ3n) is 2.78. The Bertz CT molecular complexity index is 711. The van der Waals surface area contributed by atoms with Gasteiger partial charge in [-0.15, -0.1) is 0 Å². The fourth-order valence-electron chi connectivity index (χ4n) is 1.87. The lowest BCUT2D eigenvalue weighted by atomic mass is 10.2. The van der Waals surface area contributed by atoms with E-state index in [0.29, 0.717) is 6.54 Å². The number of halogens is 1. The number of fused-ring (bicyclic) bond motifs is 1. The van der Waals surface area contributed by atoms with Gasteiger partial charge in [0.1, 0.15) is 4.60 Å². The third-order valence-corrected chi connectivity index (χ3v) is 3.93. The fraction of sp³-hybridized carbons (Fsp3) is 0.154. The van der Waals surface area contributed by atoms with Gasteiger partial charge in [0.25, 0.3) is 0 Å². The number of nitrogens with zero attached hydrogens (tertiary/aromatic N) is 4. The van der Waals surface area contributed by atoms with E-state index in [9.17, 15) is 0 Å². The van der Waals surface area contributed by atoms with Gasteiger partial charge >= 0.3 is 0 Å². The predicted molar refractivity (Wildman–Crippen MR) is 80.3 cm³/mol. The summed E-state index contributed by atoms with van der Waals surface area (Å²) in [5, 5.41) is 6.18. The summed E-state index contributed by atoms with van der Waals surface area (Å²) < 4.78 is 2.68. The van der Waals surface area contributed by atoms with Crippen molar-refractivity contribution in [2.24, 2.45) is 0 Å². The van der Waals surface area contributed by atoms with Crippen molar-refractivity contribution in [3.63, 3.8) is 0 Å². The van der Waals surface area contributed by atoms with Gasteiger partial charge in [-0.1, -0.05) is 42.1 Å². The van der Waals surface area contributed by atoms with Gasteiger partial charge in [0.2, 0.25) is 0 Å². The standard InChI is InChI=1S/C13H11BrN4S/c1-19-13-15-7-10-11(14)17-18(12(10)16-13)8-9-5-3-2-4-6-9/h2-7H,8H2,1H3. The Kier molecular flexibility index (Phi) is 3.52. The largest absolute Gasteiger partial charge is 0.242 e. The Labute approximate surface area is 123 Å². The molecular formula is C13H11BrN4S. The Balaban J connectivity index is 2.08. The van der Waals surface area contributed by atoms with Crippen LogP contribution >= 0.6 is 27.7 Å². The lowest BCUT2D eigenvalue weighted by Gasteiger charge is -2.03. The second kappa shape index (κ2) is 5.30. The number of benzene rings is 1. The summed E-state index contributed by atoms with van der Waals surface area (Å²) in [4.78, 5) is 8.81. The highest BCUT2D eigenvalue weighted by molar-refractivity contribution is 9.10. The molecule has 0 saturated carbocycles. The van der Waals surface area contributed by atoms with Gasteiger partial charge in [-0.3, -0.25) is 0 Å². The Morgan fingerprint density at radius 1 is 1.26 bits per heavy atom. The van der Waals surface area contributed by atoms with Crippen LogP contribution in [0, 0.1) is 0 Å². The normalized spacial score (nSPS) is 11.1. The summed E-state index contributed by atoms with van der Waals surface area (Å²) >= 11 is 4.99. The molecule has 0 aliphatic heterocycles. The highest BCUT2D eigenvalue weighted by atomic mass is 79.9. The van der Waals surface area contributed by atoms with Gasteiger partial charge in [0.15, 0.2) is 10.8 Å². The van der Waals surface area contributed by atoms with Crippen molar-refractivity contribution in [3.8, 4) is 0 Å². The van der Waals surface area contributed by atoms with E-state index in [-0.39, 0.29) is 0 Å². The maximum atomic E-state index is 4.53. The molecule has 2 heterocycles. The fourth-order valence-corrected chi connectivity index (χ4v) is 2.68. The van der Waals surface area contributed by atoms with Crippen LogP contribution < -0.4 is 0 Å². The van der Waals surface area contributed by atoms with Crippen LogP contribution in [0.5, 0.6) is 0 Å². The van der Waals surface area contributed by atoms with Crippen LogP contribution in [-0.2, 0) is 6.54 Å². The molecule has 0 fully saturated rings. The lowest BCUT2D eigenvalue weighted by Crippen LogP contribution is -2.03. The summed E-state index contributed by atoms with van der Waals surface area (Å²) in [5.41, 5.74) is 2.05. The maximum Gasteiger partial charge on any atom is 0.189 e. The van der Waals surface area contributed by atoms with Gasteiger partial charge in [-0.2, -0.15) is 5.10 Å². The number of aromatic nitrogens is 4. The molecule has 0 spiro atoms. The van der Waals surface area contributed by atoms with Crippen LogP contribution in [0.3, 0.4) is 0 Å². The number of rotatable bonds is 3. The lowest BCUT2D eigenvalue weighted by molar-refractivity contribution is 0.694. The van der Waals surface area contributed by atoms with Crippen molar-refractivity contribution in [3.05, 3.63) is 46.7 Å². The molecule has 19 heavy (non-hydrogen) atoms. The van der Waals surface area contributed by atoms with Crippen molar-refractivity contribution >= 4 is 38.7 Å². The van der Waals surface area contributed by atoms with E-state index in [1.807, 2.05) is 35.3 Å². The molecule has 0 bridgehead atoms. The molecule has 1 aromatic carbocycles. The summed E-state index contributed by atoms with van der Waals surface area (Å²) in [6.07, 6.45) is 3.78. The van der Waals surface area contributed by atoms with E-state index in [0.717, 1.165) is 20.8 Å². The van der Waals surface area contributed by atoms with Crippen LogP contribution in [0.15, 0.2) is 46.3 Å². The predicted octanol–water partition coefficient (Wildman–Crippen LogP) is 3.36. The Morgan fingerprint density at radius 2 is 2.05 bits per heavy atom. The molecule has 0 radical (unpaired) electrons. The van der Waals surface area contributed by atoms with E-state index < -0.39 is 0 Å². The molecule has 0 atom stereocenters. The van der Waals surface area contributed by atoms with E-state index in [2.05, 4.69) is 43.1 Å². The highest BCUT2D eigenvalue weighted by Gasteiger charge is 2.11. The van der Waals surface area contributed by atoms with Crippen molar-refractivity contribution < 1.29 is 0 Å². The average Bonchev–Trinajstić information content (AvgIpc) is 2.76. The first-order valence-electron chi connectivity index (χ1n) is 5.75. The maximum absolute atomic E-state index is 4.53. The zero-order chi connectivity index (χ0) is 13.2. The molecule has 0 aliphatic carbocycles. The summed E-state index contributed by atoms with van der Waals surface area (Å²) in [5.74, 6) is 0. The molecule has 3 rings (SSSR count). The zero-order valence-corrected chi connectivity index (χ0v) is 12.6. The first-order valence-corrected chi connectivity index (χ1v) is 7.76.